The van der Waals surface area contributed by atoms with Crippen molar-refractivity contribution in [1.82, 2.24) is 5.32 Å². The maximum Gasteiger partial charge on any atom is 0.221 e. The van der Waals surface area contributed by atoms with E-state index in [1.807, 2.05) is 26.0 Å². The van der Waals surface area contributed by atoms with E-state index in [1.165, 1.54) is 6.92 Å². The Bertz CT molecular complexity index is 486. The monoisotopic (exact) mass is 497 g/mol. The van der Waals surface area contributed by atoms with Crippen molar-refractivity contribution in [2.24, 2.45) is 0 Å². The van der Waals surface area contributed by atoms with Crippen molar-refractivity contribution in [3.8, 4) is 6.07 Å². The zero-order valence-corrected chi connectivity index (χ0v) is 17.0. The van der Waals surface area contributed by atoms with Crippen LogP contribution in [0.4, 0.5) is 0 Å². The molecule has 0 saturated heterocycles. The molecule has 1 amide bonds. The number of aryl methyl sites for hydroxylation is 2. The SMILES string of the molecule is [B]C(C)(C#N)NC(=O)Cc1[c-]c(C)[c-]cc1C.[W].[Y]. The maximum absolute atomic E-state index is 11.7. The van der Waals surface area contributed by atoms with Gasteiger partial charge in [-0.15, -0.1) is 6.92 Å². The topological polar surface area (TPSA) is 52.9 Å². The Kier molecular flexibility index (Phi) is 10.2. The normalized spacial score (nSPS) is 12.1. The van der Waals surface area contributed by atoms with Crippen molar-refractivity contribution < 1.29 is 58.6 Å². The van der Waals surface area contributed by atoms with Gasteiger partial charge in [0.1, 0.15) is 7.85 Å². The molecule has 0 fully saturated rings. The number of nitrogens with one attached hydrogen (secondary N) is 1. The number of hydrogen-bond acceptors (Lipinski definition) is 2. The van der Waals surface area contributed by atoms with Crippen LogP contribution in [-0.2, 0) is 65.0 Å². The number of carbonyl (C=O) groups is 1. The molecule has 1 unspecified atom stereocenters. The number of hydrogen-bond donors (Lipinski definition) is 1. The van der Waals surface area contributed by atoms with Crippen LogP contribution in [0, 0.1) is 37.3 Å². The molecule has 0 spiro atoms. The van der Waals surface area contributed by atoms with Gasteiger partial charge in [0.25, 0.3) is 0 Å². The summed E-state index contributed by atoms with van der Waals surface area (Å²) in [5.41, 5.74) is 1.27. The Morgan fingerprint density at radius 2 is 2.16 bits per heavy atom. The summed E-state index contributed by atoms with van der Waals surface area (Å²) in [6.07, 6.45) is 0.163. The van der Waals surface area contributed by atoms with Gasteiger partial charge in [0.15, 0.2) is 0 Å². The van der Waals surface area contributed by atoms with Crippen LogP contribution in [0.5, 0.6) is 0 Å². The van der Waals surface area contributed by atoms with Crippen molar-refractivity contribution >= 4 is 13.8 Å². The Morgan fingerprint density at radius 3 is 2.68 bits per heavy atom. The van der Waals surface area contributed by atoms with Gasteiger partial charge in [0, 0.05) is 60.2 Å². The van der Waals surface area contributed by atoms with Gasteiger partial charge >= 0.3 is 0 Å². The van der Waals surface area contributed by atoms with Crippen LogP contribution >= 0.6 is 0 Å². The van der Waals surface area contributed by atoms with E-state index in [0.29, 0.717) is 0 Å². The molecule has 1 N–H and O–H groups in total. The van der Waals surface area contributed by atoms with E-state index in [-0.39, 0.29) is 66.1 Å². The van der Waals surface area contributed by atoms with E-state index >= 15 is 0 Å². The van der Waals surface area contributed by atoms with Crippen molar-refractivity contribution in [3.05, 3.63) is 34.9 Å². The van der Waals surface area contributed by atoms with E-state index in [2.05, 4.69) is 17.4 Å². The summed E-state index contributed by atoms with van der Waals surface area (Å²) >= 11 is 0. The summed E-state index contributed by atoms with van der Waals surface area (Å²) < 4.78 is 0. The molecule has 3 radical (unpaired) electrons. The van der Waals surface area contributed by atoms with Crippen LogP contribution in [0.3, 0.4) is 0 Å². The second kappa shape index (κ2) is 9.06. The fraction of sp³-hybridized carbons (Fsp3) is 0.385. The van der Waals surface area contributed by atoms with Crippen LogP contribution in [-0.4, -0.2) is 19.2 Å². The fourth-order valence-corrected chi connectivity index (χ4v) is 1.37. The Balaban J connectivity index is 0. The molecular formula is C13H13BN2OWY-2. The summed E-state index contributed by atoms with van der Waals surface area (Å²) in [6.45, 7) is 5.20. The Hall–Kier alpha value is 0.0371. The van der Waals surface area contributed by atoms with Gasteiger partial charge in [-0.1, -0.05) is 6.92 Å². The first-order valence-corrected chi connectivity index (χ1v) is 5.25. The van der Waals surface area contributed by atoms with E-state index in [4.69, 9.17) is 13.1 Å². The first-order chi connectivity index (χ1) is 7.84. The van der Waals surface area contributed by atoms with Crippen LogP contribution < -0.4 is 5.32 Å². The minimum atomic E-state index is -1.33. The Labute approximate surface area is 155 Å². The summed E-state index contributed by atoms with van der Waals surface area (Å²) in [5.74, 6) is -0.290. The molecule has 6 heteroatoms. The van der Waals surface area contributed by atoms with Crippen LogP contribution in [0.2, 0.25) is 0 Å². The summed E-state index contributed by atoms with van der Waals surface area (Å²) in [6, 6.07) is 9.71. The molecule has 1 aromatic carbocycles. The molecule has 0 aliphatic rings. The average molecular weight is 497 g/mol. The third-order valence-electron chi connectivity index (χ3n) is 2.29. The van der Waals surface area contributed by atoms with Crippen molar-refractivity contribution in [2.45, 2.75) is 32.6 Å². The molecular weight excluding hydrogens is 484 g/mol. The Morgan fingerprint density at radius 1 is 1.58 bits per heavy atom. The molecule has 0 aliphatic carbocycles. The standard InChI is InChI=1S/C13H13BN2O.W.Y/c1-9-4-5-10(2)11(6-9)7-12(17)16-13(3,14)8-15;;/h5H,7H2,1-3H3,(H,16,17);;/q-2;;. The minimum Gasteiger partial charge on any atom is -0.356 e. The first kappa shape index (κ1) is 21.3. The number of nitrogens with zero attached hydrogens (tertiary/aromatic N) is 1. The van der Waals surface area contributed by atoms with E-state index in [0.717, 1.165) is 16.7 Å². The van der Waals surface area contributed by atoms with Crippen LogP contribution in [0.15, 0.2) is 6.07 Å². The minimum absolute atomic E-state index is 0. The largest absolute Gasteiger partial charge is 0.356 e. The average Bonchev–Trinajstić information content (AvgIpc) is 2.23. The summed E-state index contributed by atoms with van der Waals surface area (Å²) in [4.78, 5) is 11.7. The van der Waals surface area contributed by atoms with Gasteiger partial charge in [-0.25, -0.2) is 0 Å². The number of benzene rings is 1. The molecule has 0 bridgehead atoms. The molecule has 1 atom stereocenters. The maximum atomic E-state index is 11.7. The van der Waals surface area contributed by atoms with Crippen LogP contribution in [0.1, 0.15) is 23.6 Å². The molecule has 95 valence electrons. The van der Waals surface area contributed by atoms with Gasteiger partial charge in [-0.3, -0.25) is 27.6 Å². The van der Waals surface area contributed by atoms with E-state index in [1.54, 1.807) is 0 Å². The second-order valence-corrected chi connectivity index (χ2v) is 4.24. The van der Waals surface area contributed by atoms with Crippen molar-refractivity contribution in [3.63, 3.8) is 0 Å². The molecule has 0 aromatic heterocycles. The van der Waals surface area contributed by atoms with Gasteiger partial charge in [-0.05, 0) is 6.92 Å². The summed E-state index contributed by atoms with van der Waals surface area (Å²) in [5, 5.41) is 11.2. The number of amides is 1. The van der Waals surface area contributed by atoms with Gasteiger partial charge in [-0.2, -0.15) is 5.26 Å². The zero-order chi connectivity index (χ0) is 13.1. The molecule has 19 heavy (non-hydrogen) atoms. The molecule has 1 aromatic rings. The predicted molar refractivity (Wildman–Crippen MR) is 65.2 cm³/mol. The number of nitriles is 1. The third-order valence-corrected chi connectivity index (χ3v) is 2.29. The van der Waals surface area contributed by atoms with Gasteiger partial charge < -0.3 is 17.4 Å². The zero-order valence-electron chi connectivity index (χ0n) is 11.2. The van der Waals surface area contributed by atoms with E-state index in [9.17, 15) is 4.79 Å². The molecule has 0 saturated carbocycles. The van der Waals surface area contributed by atoms with Crippen LogP contribution in [0.25, 0.3) is 0 Å². The van der Waals surface area contributed by atoms with E-state index < -0.39 is 5.44 Å². The van der Waals surface area contributed by atoms with Gasteiger partial charge in [0.2, 0.25) is 5.91 Å². The van der Waals surface area contributed by atoms with Gasteiger partial charge in [0.05, 0.1) is 11.5 Å². The molecule has 0 heterocycles. The summed E-state index contributed by atoms with van der Waals surface area (Å²) in [7, 11) is 5.53. The van der Waals surface area contributed by atoms with Crippen molar-refractivity contribution in [2.75, 3.05) is 0 Å². The van der Waals surface area contributed by atoms with Crippen molar-refractivity contribution in [1.29, 1.82) is 5.26 Å². The molecule has 3 nitrogen and oxygen atoms in total. The molecule has 0 aliphatic heterocycles. The number of carbonyl (C=O) groups excluding carboxylic acids is 1. The first-order valence-electron chi connectivity index (χ1n) is 5.25. The number of rotatable bonds is 3. The third kappa shape index (κ3) is 7.40. The predicted octanol–water partition coefficient (Wildman–Crippen LogP) is 0.966. The second-order valence-electron chi connectivity index (χ2n) is 4.24. The quantitative estimate of drug-likeness (QED) is 0.501. The fourth-order valence-electron chi connectivity index (χ4n) is 1.37. The molecule has 1 rings (SSSR count). The smallest absolute Gasteiger partial charge is 0.221 e.